The Labute approximate surface area is 126 Å². The zero-order valence-electron chi connectivity index (χ0n) is 11.8. The van der Waals surface area contributed by atoms with Gasteiger partial charge in [0.1, 0.15) is 0 Å². The first-order chi connectivity index (χ1) is 9.36. The summed E-state index contributed by atoms with van der Waals surface area (Å²) in [6, 6.07) is 3.39. The Morgan fingerprint density at radius 1 is 1.45 bits per heavy atom. The minimum Gasteiger partial charge on any atom is -0.462 e. The predicted molar refractivity (Wildman–Crippen MR) is 77.9 cm³/mol. The Balaban J connectivity index is 2.59. The van der Waals surface area contributed by atoms with Crippen LogP contribution in [0, 0.1) is 0 Å². The van der Waals surface area contributed by atoms with Crippen LogP contribution in [0.1, 0.15) is 29.8 Å². The largest absolute Gasteiger partial charge is 0.462 e. The molecule has 5 nitrogen and oxygen atoms in total. The van der Waals surface area contributed by atoms with Gasteiger partial charge >= 0.3 is 5.97 Å². The number of esters is 1. The van der Waals surface area contributed by atoms with Gasteiger partial charge in [-0.1, -0.05) is 0 Å². The van der Waals surface area contributed by atoms with Crippen LogP contribution >= 0.6 is 15.9 Å². The zero-order chi connectivity index (χ0) is 15.1. The summed E-state index contributed by atoms with van der Waals surface area (Å²) < 4.78 is 11.0. The number of carbonyl (C=O) groups is 2. The molecule has 0 aliphatic carbocycles. The number of amides is 1. The molecule has 1 unspecified atom stereocenters. The molecule has 1 aliphatic heterocycles. The number of hydrogen-bond acceptors (Lipinski definition) is 4. The van der Waals surface area contributed by atoms with E-state index in [1.165, 1.54) is 12.0 Å². The van der Waals surface area contributed by atoms with E-state index in [2.05, 4.69) is 15.9 Å². The summed E-state index contributed by atoms with van der Waals surface area (Å²) >= 11 is 3.35. The highest BCUT2D eigenvalue weighted by atomic mass is 79.9. The van der Waals surface area contributed by atoms with Crippen LogP contribution in [0.25, 0.3) is 0 Å². The van der Waals surface area contributed by atoms with E-state index in [1.807, 2.05) is 0 Å². The predicted octanol–water partition coefficient (Wildman–Crippen LogP) is 2.46. The smallest absolute Gasteiger partial charge is 0.339 e. The first-order valence-electron chi connectivity index (χ1n) is 6.21. The molecule has 20 heavy (non-hydrogen) atoms. The monoisotopic (exact) mass is 341 g/mol. The maximum Gasteiger partial charge on any atom is 0.339 e. The van der Waals surface area contributed by atoms with Gasteiger partial charge in [-0.25, -0.2) is 4.79 Å². The van der Waals surface area contributed by atoms with Crippen molar-refractivity contribution in [1.29, 1.82) is 0 Å². The molecule has 0 saturated heterocycles. The number of methoxy groups -OCH3 is 1. The molecule has 0 radical (unpaired) electrons. The number of benzene rings is 1. The van der Waals surface area contributed by atoms with Gasteiger partial charge in [0.15, 0.2) is 5.60 Å². The van der Waals surface area contributed by atoms with Gasteiger partial charge in [-0.2, -0.15) is 0 Å². The molecule has 0 spiro atoms. The van der Waals surface area contributed by atoms with E-state index in [9.17, 15) is 9.59 Å². The molecule has 108 valence electrons. The van der Waals surface area contributed by atoms with E-state index in [-0.39, 0.29) is 5.91 Å². The number of rotatable bonds is 3. The summed E-state index contributed by atoms with van der Waals surface area (Å²) in [7, 11) is 3.16. The minimum absolute atomic E-state index is 0.164. The molecule has 2 rings (SSSR count). The van der Waals surface area contributed by atoms with Crippen LogP contribution in [0.2, 0.25) is 0 Å². The second-order valence-corrected chi connectivity index (χ2v) is 5.53. The van der Waals surface area contributed by atoms with Crippen molar-refractivity contribution in [3.63, 3.8) is 0 Å². The summed E-state index contributed by atoms with van der Waals surface area (Å²) in [5, 5.41) is 0. The molecule has 1 amide bonds. The summed E-state index contributed by atoms with van der Waals surface area (Å²) in [6.07, 6.45) is 0. The number of nitrogens with zero attached hydrogens (tertiary/aromatic N) is 1. The highest BCUT2D eigenvalue weighted by Crippen LogP contribution is 2.43. The van der Waals surface area contributed by atoms with E-state index in [1.54, 1.807) is 33.0 Å². The molecule has 1 aromatic carbocycles. The third-order valence-electron chi connectivity index (χ3n) is 3.58. The first-order valence-corrected chi connectivity index (χ1v) is 7.00. The Kier molecular flexibility index (Phi) is 3.88. The second-order valence-electron chi connectivity index (χ2n) is 4.67. The number of anilines is 1. The highest BCUT2D eigenvalue weighted by Gasteiger charge is 2.47. The topological polar surface area (TPSA) is 55.8 Å². The second kappa shape index (κ2) is 5.18. The van der Waals surface area contributed by atoms with Crippen molar-refractivity contribution >= 4 is 33.5 Å². The molecule has 0 N–H and O–H groups in total. The van der Waals surface area contributed by atoms with Crippen LogP contribution in [0.5, 0.6) is 0 Å². The number of carbonyl (C=O) groups excluding carboxylic acids is 2. The Morgan fingerprint density at radius 3 is 2.65 bits per heavy atom. The molecule has 0 bridgehead atoms. The average Bonchev–Trinajstić information content (AvgIpc) is 2.61. The minimum atomic E-state index is -1.03. The van der Waals surface area contributed by atoms with Crippen LogP contribution in [-0.4, -0.2) is 32.6 Å². The van der Waals surface area contributed by atoms with Crippen molar-refractivity contribution in [2.75, 3.05) is 25.7 Å². The van der Waals surface area contributed by atoms with Crippen molar-refractivity contribution in [3.8, 4) is 0 Å². The van der Waals surface area contributed by atoms with Crippen molar-refractivity contribution in [1.82, 2.24) is 0 Å². The van der Waals surface area contributed by atoms with Crippen LogP contribution in [-0.2, 0) is 19.9 Å². The fraction of sp³-hybridized carbons (Fsp3) is 0.429. The van der Waals surface area contributed by atoms with Crippen molar-refractivity contribution in [2.24, 2.45) is 0 Å². The van der Waals surface area contributed by atoms with Crippen molar-refractivity contribution < 1.29 is 19.1 Å². The molecule has 1 atom stereocenters. The summed E-state index contributed by atoms with van der Waals surface area (Å²) in [4.78, 5) is 25.7. The van der Waals surface area contributed by atoms with Gasteiger partial charge in [0.2, 0.25) is 0 Å². The highest BCUT2D eigenvalue weighted by molar-refractivity contribution is 9.10. The lowest BCUT2D eigenvalue weighted by Crippen LogP contribution is -2.37. The van der Waals surface area contributed by atoms with E-state index < -0.39 is 11.6 Å². The summed E-state index contributed by atoms with van der Waals surface area (Å²) in [5.41, 5.74) is 0.753. The maximum absolute atomic E-state index is 12.3. The van der Waals surface area contributed by atoms with Gasteiger partial charge in [-0.3, -0.25) is 4.79 Å². The molecule has 0 saturated carbocycles. The van der Waals surface area contributed by atoms with Crippen LogP contribution < -0.4 is 4.90 Å². The average molecular weight is 342 g/mol. The quantitative estimate of drug-likeness (QED) is 0.792. The lowest BCUT2D eigenvalue weighted by molar-refractivity contribution is -0.137. The number of likely N-dealkylation sites (N-methyl/N-ethyl adjacent to an activating group) is 1. The van der Waals surface area contributed by atoms with E-state index in [0.717, 1.165) is 5.56 Å². The molecule has 0 aromatic heterocycles. The van der Waals surface area contributed by atoms with Gasteiger partial charge in [-0.05, 0) is 41.9 Å². The van der Waals surface area contributed by atoms with Crippen LogP contribution in [0.3, 0.4) is 0 Å². The Hall–Kier alpha value is -1.40. The fourth-order valence-electron chi connectivity index (χ4n) is 2.33. The summed E-state index contributed by atoms with van der Waals surface area (Å²) in [5.74, 6) is -0.586. The number of fused-ring (bicyclic) bond motifs is 1. The third-order valence-corrected chi connectivity index (χ3v) is 4.23. The maximum atomic E-state index is 12.3. The van der Waals surface area contributed by atoms with Gasteiger partial charge in [0.05, 0.1) is 17.9 Å². The number of hydrogen-bond donors (Lipinski definition) is 0. The summed E-state index contributed by atoms with van der Waals surface area (Å²) in [6.45, 7) is 3.76. The van der Waals surface area contributed by atoms with Gasteiger partial charge in [0.25, 0.3) is 5.91 Å². The van der Waals surface area contributed by atoms with Crippen molar-refractivity contribution in [3.05, 3.63) is 27.7 Å². The fourth-order valence-corrected chi connectivity index (χ4v) is 2.83. The lowest BCUT2D eigenvalue weighted by atomic mass is 9.96. The molecule has 1 aliphatic rings. The van der Waals surface area contributed by atoms with Crippen LogP contribution in [0.15, 0.2) is 16.6 Å². The third kappa shape index (κ3) is 2.03. The standard InChI is InChI=1S/C14H16BrNO4/c1-5-20-12(17)8-6-11-9(7-10(8)15)14(2,19-4)13(18)16(11)3/h6-7H,5H2,1-4H3. The normalized spacial score (nSPS) is 21.1. The molecule has 6 heteroatoms. The van der Waals surface area contributed by atoms with Gasteiger partial charge in [0, 0.05) is 24.2 Å². The van der Waals surface area contributed by atoms with Crippen molar-refractivity contribution in [2.45, 2.75) is 19.4 Å². The lowest BCUT2D eigenvalue weighted by Gasteiger charge is -2.21. The van der Waals surface area contributed by atoms with Gasteiger partial charge in [-0.15, -0.1) is 0 Å². The van der Waals surface area contributed by atoms with E-state index >= 15 is 0 Å². The molecule has 1 heterocycles. The molecule has 0 fully saturated rings. The molecular formula is C14H16BrNO4. The number of ether oxygens (including phenoxy) is 2. The first kappa shape index (κ1) is 15.0. The van der Waals surface area contributed by atoms with E-state index in [0.29, 0.717) is 22.3 Å². The molecule has 1 aromatic rings. The molecular weight excluding hydrogens is 326 g/mol. The Bertz CT molecular complexity index is 587. The van der Waals surface area contributed by atoms with Crippen LogP contribution in [0.4, 0.5) is 5.69 Å². The number of halogens is 1. The van der Waals surface area contributed by atoms with Gasteiger partial charge < -0.3 is 14.4 Å². The zero-order valence-corrected chi connectivity index (χ0v) is 13.4. The Morgan fingerprint density at radius 2 is 2.10 bits per heavy atom. The SMILES string of the molecule is CCOC(=O)c1cc2c(cc1Br)C(C)(OC)C(=O)N2C. The van der Waals surface area contributed by atoms with E-state index in [4.69, 9.17) is 9.47 Å².